The van der Waals surface area contributed by atoms with Gasteiger partial charge in [0, 0.05) is 11.4 Å². The van der Waals surface area contributed by atoms with Crippen molar-refractivity contribution in [3.63, 3.8) is 0 Å². The summed E-state index contributed by atoms with van der Waals surface area (Å²) in [5.41, 5.74) is 0. The molecule has 5 nitrogen and oxygen atoms in total. The molecule has 0 aromatic carbocycles. The highest BCUT2D eigenvalue weighted by Crippen LogP contribution is 2.21. The lowest BCUT2D eigenvalue weighted by atomic mass is 9.99. The molecule has 7 heteroatoms. The molecular formula is C13H19ClN2O3S. The molecule has 0 aliphatic carbocycles. The van der Waals surface area contributed by atoms with Gasteiger partial charge in [-0.15, -0.1) is 11.3 Å². The minimum atomic E-state index is -1.01. The summed E-state index contributed by atoms with van der Waals surface area (Å²) in [7, 11) is 0. The summed E-state index contributed by atoms with van der Waals surface area (Å²) in [6.45, 7) is 4.13. The monoisotopic (exact) mass is 318 g/mol. The average Bonchev–Trinajstić information content (AvgIpc) is 2.80. The Morgan fingerprint density at radius 3 is 2.65 bits per heavy atom. The largest absolute Gasteiger partial charge is 0.480 e. The van der Waals surface area contributed by atoms with Gasteiger partial charge < -0.3 is 15.7 Å². The first kappa shape index (κ1) is 16.8. The summed E-state index contributed by atoms with van der Waals surface area (Å²) < 4.78 is 0.715. The van der Waals surface area contributed by atoms with E-state index >= 15 is 0 Å². The Labute approximate surface area is 127 Å². The van der Waals surface area contributed by atoms with Crippen LogP contribution >= 0.6 is 22.9 Å². The summed E-state index contributed by atoms with van der Waals surface area (Å²) in [4.78, 5) is 23.8. The van der Waals surface area contributed by atoms with Gasteiger partial charge in [0.25, 0.3) is 0 Å². The van der Waals surface area contributed by atoms with Crippen LogP contribution in [0.1, 0.15) is 25.1 Å². The lowest BCUT2D eigenvalue weighted by Gasteiger charge is -2.20. The van der Waals surface area contributed by atoms with Crippen LogP contribution in [0.4, 0.5) is 4.79 Å². The van der Waals surface area contributed by atoms with Gasteiger partial charge in [-0.25, -0.2) is 9.59 Å². The third-order valence-electron chi connectivity index (χ3n) is 3.05. The van der Waals surface area contributed by atoms with Gasteiger partial charge in [0.05, 0.1) is 4.34 Å². The van der Waals surface area contributed by atoms with E-state index in [1.54, 1.807) is 6.92 Å². The van der Waals surface area contributed by atoms with Gasteiger partial charge >= 0.3 is 12.0 Å². The molecule has 0 fully saturated rings. The second-order valence-electron chi connectivity index (χ2n) is 4.56. The number of rotatable bonds is 7. The zero-order valence-electron chi connectivity index (χ0n) is 11.5. The van der Waals surface area contributed by atoms with E-state index in [9.17, 15) is 9.59 Å². The number of hydrogen-bond acceptors (Lipinski definition) is 3. The van der Waals surface area contributed by atoms with Gasteiger partial charge in [0.15, 0.2) is 0 Å². The van der Waals surface area contributed by atoms with Crippen molar-refractivity contribution in [3.05, 3.63) is 21.3 Å². The van der Waals surface area contributed by atoms with E-state index in [0.717, 1.165) is 4.88 Å². The molecule has 3 N–H and O–H groups in total. The Kier molecular flexibility index (Phi) is 6.81. The molecule has 0 aliphatic rings. The fourth-order valence-corrected chi connectivity index (χ4v) is 2.75. The summed E-state index contributed by atoms with van der Waals surface area (Å²) in [6.07, 6.45) is 1.36. The Hall–Kier alpha value is -1.27. The average molecular weight is 319 g/mol. The number of carboxylic acids is 1. The number of urea groups is 1. The molecule has 0 spiro atoms. The number of carbonyl (C=O) groups excluding carboxylic acids is 1. The lowest BCUT2D eigenvalue weighted by Crippen LogP contribution is -2.49. The van der Waals surface area contributed by atoms with E-state index in [-0.39, 0.29) is 5.92 Å². The second kappa shape index (κ2) is 8.11. The maximum Gasteiger partial charge on any atom is 0.326 e. The number of thiophene rings is 1. The van der Waals surface area contributed by atoms with Gasteiger partial charge in [-0.2, -0.15) is 0 Å². The molecule has 0 aliphatic heterocycles. The summed E-state index contributed by atoms with van der Waals surface area (Å²) >= 11 is 7.28. The van der Waals surface area contributed by atoms with Crippen molar-refractivity contribution in [1.82, 2.24) is 10.6 Å². The highest BCUT2D eigenvalue weighted by atomic mass is 35.5. The van der Waals surface area contributed by atoms with Crippen LogP contribution in [0.5, 0.6) is 0 Å². The molecule has 20 heavy (non-hydrogen) atoms. The maximum absolute atomic E-state index is 11.7. The van der Waals surface area contributed by atoms with Crippen LogP contribution in [0.2, 0.25) is 4.34 Å². The number of nitrogens with one attached hydrogen (secondary N) is 2. The molecule has 1 aromatic heterocycles. The van der Waals surface area contributed by atoms with E-state index in [1.807, 2.05) is 19.1 Å². The number of carbonyl (C=O) groups is 2. The van der Waals surface area contributed by atoms with Gasteiger partial charge in [0.2, 0.25) is 0 Å². The topological polar surface area (TPSA) is 78.4 Å². The fraction of sp³-hybridized carbons (Fsp3) is 0.538. The van der Waals surface area contributed by atoms with Gasteiger partial charge in [-0.05, 0) is 24.5 Å². The minimum Gasteiger partial charge on any atom is -0.480 e. The van der Waals surface area contributed by atoms with Crippen molar-refractivity contribution >= 4 is 34.9 Å². The molecule has 0 saturated heterocycles. The Bertz CT molecular complexity index is 464. The van der Waals surface area contributed by atoms with Gasteiger partial charge in [0.1, 0.15) is 6.04 Å². The maximum atomic E-state index is 11.7. The molecule has 2 atom stereocenters. The molecule has 0 saturated carbocycles. The number of amides is 2. The zero-order valence-corrected chi connectivity index (χ0v) is 13.1. The summed E-state index contributed by atoms with van der Waals surface area (Å²) in [5.74, 6) is -1.13. The third kappa shape index (κ3) is 5.38. The Morgan fingerprint density at radius 1 is 1.45 bits per heavy atom. The van der Waals surface area contributed by atoms with E-state index in [1.165, 1.54) is 11.3 Å². The normalized spacial score (nSPS) is 13.6. The van der Waals surface area contributed by atoms with Crippen molar-refractivity contribution in [2.45, 2.75) is 32.7 Å². The molecule has 1 rings (SSSR count). The third-order valence-corrected chi connectivity index (χ3v) is 4.34. The second-order valence-corrected chi connectivity index (χ2v) is 6.36. The Balaban J connectivity index is 2.36. The first-order valence-corrected chi connectivity index (χ1v) is 7.64. The predicted octanol–water partition coefficient (Wildman–Crippen LogP) is 2.74. The Morgan fingerprint density at radius 2 is 2.15 bits per heavy atom. The minimum absolute atomic E-state index is 0.116. The van der Waals surface area contributed by atoms with E-state index < -0.39 is 18.0 Å². The van der Waals surface area contributed by atoms with Crippen LogP contribution in [-0.2, 0) is 11.2 Å². The molecular weight excluding hydrogens is 300 g/mol. The van der Waals surface area contributed by atoms with Crippen molar-refractivity contribution < 1.29 is 14.7 Å². The first-order chi connectivity index (χ1) is 9.43. The number of aliphatic carboxylic acids is 1. The van der Waals surface area contributed by atoms with Crippen LogP contribution in [0, 0.1) is 5.92 Å². The number of halogens is 1. The standard InChI is InChI=1S/C13H19ClN2O3S/c1-3-8(2)11(12(17)18)16-13(19)15-7-6-9-4-5-10(14)20-9/h4-5,8,11H,3,6-7H2,1-2H3,(H,17,18)(H2,15,16,19)/t8?,11-/m0/s1. The molecule has 0 bridgehead atoms. The molecule has 1 unspecified atom stereocenters. The summed E-state index contributed by atoms with van der Waals surface area (Å²) in [5, 5.41) is 14.2. The quantitative estimate of drug-likeness (QED) is 0.723. The molecule has 1 heterocycles. The van der Waals surface area contributed by atoms with E-state index in [2.05, 4.69) is 10.6 Å². The van der Waals surface area contributed by atoms with Gasteiger partial charge in [-0.3, -0.25) is 0 Å². The van der Waals surface area contributed by atoms with E-state index in [4.69, 9.17) is 16.7 Å². The smallest absolute Gasteiger partial charge is 0.326 e. The van der Waals surface area contributed by atoms with Crippen molar-refractivity contribution in [1.29, 1.82) is 0 Å². The van der Waals surface area contributed by atoms with Crippen molar-refractivity contribution in [2.24, 2.45) is 5.92 Å². The fourth-order valence-electron chi connectivity index (χ4n) is 1.66. The summed E-state index contributed by atoms with van der Waals surface area (Å²) in [6, 6.07) is 2.40. The van der Waals surface area contributed by atoms with Crippen LogP contribution < -0.4 is 10.6 Å². The zero-order chi connectivity index (χ0) is 15.1. The van der Waals surface area contributed by atoms with Crippen molar-refractivity contribution in [2.75, 3.05) is 6.54 Å². The van der Waals surface area contributed by atoms with Crippen LogP contribution in [-0.4, -0.2) is 29.7 Å². The molecule has 1 aromatic rings. The van der Waals surface area contributed by atoms with Crippen LogP contribution in [0.25, 0.3) is 0 Å². The number of hydrogen-bond donors (Lipinski definition) is 3. The molecule has 112 valence electrons. The van der Waals surface area contributed by atoms with E-state index in [0.29, 0.717) is 23.7 Å². The SMILES string of the molecule is CCC(C)[C@H](NC(=O)NCCc1ccc(Cl)s1)C(=O)O. The molecule has 2 amide bonds. The lowest BCUT2D eigenvalue weighted by molar-refractivity contribution is -0.140. The number of carboxylic acid groups (broad SMARTS) is 1. The highest BCUT2D eigenvalue weighted by molar-refractivity contribution is 7.16. The highest BCUT2D eigenvalue weighted by Gasteiger charge is 2.24. The molecule has 0 radical (unpaired) electrons. The van der Waals surface area contributed by atoms with Crippen molar-refractivity contribution in [3.8, 4) is 0 Å². The van der Waals surface area contributed by atoms with Crippen LogP contribution in [0.3, 0.4) is 0 Å². The predicted molar refractivity (Wildman–Crippen MR) is 80.4 cm³/mol. The van der Waals surface area contributed by atoms with Gasteiger partial charge in [-0.1, -0.05) is 31.9 Å². The first-order valence-electron chi connectivity index (χ1n) is 6.45. The van der Waals surface area contributed by atoms with Crippen LogP contribution in [0.15, 0.2) is 12.1 Å².